The van der Waals surface area contributed by atoms with Crippen LogP contribution in [0.2, 0.25) is 0 Å². The number of aromatic nitrogens is 1. The second-order valence-electron chi connectivity index (χ2n) is 6.29. The number of hydrogen-bond donors (Lipinski definition) is 1. The van der Waals surface area contributed by atoms with Gasteiger partial charge in [0.1, 0.15) is 16.5 Å². The van der Waals surface area contributed by atoms with Crippen molar-refractivity contribution in [2.24, 2.45) is 0 Å². The van der Waals surface area contributed by atoms with E-state index in [1.165, 1.54) is 27.8 Å². The zero-order valence-corrected chi connectivity index (χ0v) is 16.3. The van der Waals surface area contributed by atoms with Gasteiger partial charge in [0.05, 0.1) is 11.4 Å². The van der Waals surface area contributed by atoms with Crippen molar-refractivity contribution in [2.75, 3.05) is 21.9 Å². The fraction of sp³-hybridized carbons (Fsp3) is 0.158. The Kier molecular flexibility index (Phi) is 4.86. The first-order chi connectivity index (χ1) is 13.4. The summed E-state index contributed by atoms with van der Waals surface area (Å²) in [6, 6.07) is 12.6. The minimum atomic E-state index is -3.28. The van der Waals surface area contributed by atoms with Crippen LogP contribution in [-0.2, 0) is 10.0 Å². The second kappa shape index (κ2) is 7.33. The third-order valence-electron chi connectivity index (χ3n) is 4.32. The molecule has 0 bridgehead atoms. The fourth-order valence-corrected chi connectivity index (χ4v) is 5.33. The number of thiazole rings is 1. The van der Waals surface area contributed by atoms with Crippen molar-refractivity contribution in [1.82, 2.24) is 4.98 Å². The molecule has 1 amide bonds. The third-order valence-corrected chi connectivity index (χ3v) is 7.08. The van der Waals surface area contributed by atoms with E-state index in [9.17, 15) is 17.6 Å². The van der Waals surface area contributed by atoms with Gasteiger partial charge in [-0.1, -0.05) is 6.07 Å². The van der Waals surface area contributed by atoms with Crippen LogP contribution in [0.3, 0.4) is 0 Å². The Bertz CT molecular complexity index is 1130. The number of amides is 1. The molecule has 1 aliphatic heterocycles. The predicted molar refractivity (Wildman–Crippen MR) is 108 cm³/mol. The van der Waals surface area contributed by atoms with E-state index in [4.69, 9.17) is 0 Å². The maximum absolute atomic E-state index is 13.0. The van der Waals surface area contributed by atoms with Crippen LogP contribution >= 0.6 is 11.3 Å². The van der Waals surface area contributed by atoms with Gasteiger partial charge in [-0.05, 0) is 48.9 Å². The zero-order chi connectivity index (χ0) is 19.7. The number of benzene rings is 2. The Labute approximate surface area is 165 Å². The molecule has 4 rings (SSSR count). The Morgan fingerprint density at radius 2 is 1.96 bits per heavy atom. The predicted octanol–water partition coefficient (Wildman–Crippen LogP) is 3.74. The van der Waals surface area contributed by atoms with Gasteiger partial charge in [0, 0.05) is 23.2 Å². The molecule has 28 heavy (non-hydrogen) atoms. The van der Waals surface area contributed by atoms with Gasteiger partial charge >= 0.3 is 0 Å². The van der Waals surface area contributed by atoms with Crippen LogP contribution in [0.15, 0.2) is 53.9 Å². The molecule has 1 aliphatic rings. The number of rotatable bonds is 4. The van der Waals surface area contributed by atoms with Crippen molar-refractivity contribution in [1.29, 1.82) is 0 Å². The summed E-state index contributed by atoms with van der Waals surface area (Å²) in [6.45, 7) is 0.437. The number of sulfonamides is 1. The molecule has 0 radical (unpaired) electrons. The number of halogens is 1. The molecule has 0 aliphatic carbocycles. The quantitative estimate of drug-likeness (QED) is 0.701. The number of hydrogen-bond acceptors (Lipinski definition) is 5. The molecule has 0 unspecified atom stereocenters. The van der Waals surface area contributed by atoms with Crippen LogP contribution in [0.25, 0.3) is 10.6 Å². The highest BCUT2D eigenvalue weighted by molar-refractivity contribution is 7.93. The Morgan fingerprint density at radius 1 is 1.18 bits per heavy atom. The van der Waals surface area contributed by atoms with Crippen molar-refractivity contribution in [2.45, 2.75) is 6.42 Å². The first kappa shape index (κ1) is 18.6. The molecule has 6 nitrogen and oxygen atoms in total. The van der Waals surface area contributed by atoms with Gasteiger partial charge in [0.2, 0.25) is 10.0 Å². The number of anilines is 2. The summed E-state index contributed by atoms with van der Waals surface area (Å²) in [5, 5.41) is 4.99. The van der Waals surface area contributed by atoms with Crippen molar-refractivity contribution in [3.63, 3.8) is 0 Å². The number of nitrogens with one attached hydrogen (secondary N) is 1. The summed E-state index contributed by atoms with van der Waals surface area (Å²) >= 11 is 1.29. The average Bonchev–Trinajstić information content (AvgIpc) is 3.29. The number of carbonyl (C=O) groups is 1. The maximum atomic E-state index is 13.0. The first-order valence-corrected chi connectivity index (χ1v) is 11.0. The van der Waals surface area contributed by atoms with Gasteiger partial charge in [-0.25, -0.2) is 17.8 Å². The molecular formula is C19H16FN3O3S2. The Hall–Kier alpha value is -2.78. The summed E-state index contributed by atoms with van der Waals surface area (Å²) in [4.78, 5) is 16.8. The van der Waals surface area contributed by atoms with E-state index in [1.807, 2.05) is 0 Å². The summed E-state index contributed by atoms with van der Waals surface area (Å²) in [5.41, 5.74) is 1.98. The molecule has 3 aromatic rings. The van der Waals surface area contributed by atoms with E-state index < -0.39 is 15.9 Å². The van der Waals surface area contributed by atoms with E-state index in [-0.39, 0.29) is 17.3 Å². The highest BCUT2D eigenvalue weighted by Gasteiger charge is 2.28. The van der Waals surface area contributed by atoms with Crippen molar-refractivity contribution in [3.05, 3.63) is 65.4 Å². The van der Waals surface area contributed by atoms with Gasteiger partial charge < -0.3 is 5.32 Å². The van der Waals surface area contributed by atoms with Gasteiger partial charge in [-0.3, -0.25) is 9.10 Å². The molecule has 1 fully saturated rings. The molecular weight excluding hydrogens is 401 g/mol. The first-order valence-electron chi connectivity index (χ1n) is 8.56. The molecule has 0 atom stereocenters. The molecule has 1 saturated heterocycles. The van der Waals surface area contributed by atoms with E-state index in [1.54, 1.807) is 41.8 Å². The minimum Gasteiger partial charge on any atom is -0.321 e. The van der Waals surface area contributed by atoms with Gasteiger partial charge in [-0.2, -0.15) is 0 Å². The molecule has 0 saturated carbocycles. The van der Waals surface area contributed by atoms with Crippen molar-refractivity contribution in [3.8, 4) is 10.6 Å². The van der Waals surface area contributed by atoms with Crippen LogP contribution in [0.4, 0.5) is 15.8 Å². The number of nitrogens with zero attached hydrogens (tertiary/aromatic N) is 2. The van der Waals surface area contributed by atoms with Gasteiger partial charge in [0.15, 0.2) is 0 Å². The highest BCUT2D eigenvalue weighted by Crippen LogP contribution is 2.27. The molecule has 1 N–H and O–H groups in total. The average molecular weight is 417 g/mol. The molecule has 2 aromatic carbocycles. The van der Waals surface area contributed by atoms with Crippen molar-refractivity contribution >= 4 is 38.6 Å². The van der Waals surface area contributed by atoms with Crippen LogP contribution in [-0.4, -0.2) is 31.6 Å². The largest absolute Gasteiger partial charge is 0.321 e. The molecule has 2 heterocycles. The van der Waals surface area contributed by atoms with E-state index >= 15 is 0 Å². The summed E-state index contributed by atoms with van der Waals surface area (Å²) in [5.74, 6) is -0.599. The lowest BCUT2D eigenvalue weighted by Crippen LogP contribution is -2.25. The third kappa shape index (κ3) is 3.76. The lowest BCUT2D eigenvalue weighted by molar-refractivity contribution is 0.102. The standard InChI is InChI=1S/C19H16FN3O3S2/c20-14-7-5-13(6-8-14)19-22-17(12-27-19)18(24)21-15-3-1-4-16(11-15)23-9-2-10-28(23,25)26/h1,3-8,11-12H,2,9-10H2,(H,21,24). The van der Waals surface area contributed by atoms with Crippen LogP contribution in [0, 0.1) is 5.82 Å². The van der Waals surface area contributed by atoms with Crippen molar-refractivity contribution < 1.29 is 17.6 Å². The van der Waals surface area contributed by atoms with Gasteiger partial charge in [0.25, 0.3) is 5.91 Å². The lowest BCUT2D eigenvalue weighted by atomic mass is 10.2. The van der Waals surface area contributed by atoms with Crippen LogP contribution in [0.5, 0.6) is 0 Å². The Balaban J connectivity index is 1.51. The van der Waals surface area contributed by atoms with Gasteiger partial charge in [-0.15, -0.1) is 11.3 Å². The van der Waals surface area contributed by atoms with E-state index in [0.717, 1.165) is 5.56 Å². The smallest absolute Gasteiger partial charge is 0.275 e. The summed E-state index contributed by atoms with van der Waals surface area (Å²) < 4.78 is 38.6. The molecule has 1 aromatic heterocycles. The zero-order valence-electron chi connectivity index (χ0n) is 14.6. The van der Waals surface area contributed by atoms with Crippen LogP contribution in [0.1, 0.15) is 16.9 Å². The summed E-state index contributed by atoms with van der Waals surface area (Å²) in [7, 11) is -3.28. The minimum absolute atomic E-state index is 0.134. The second-order valence-corrected chi connectivity index (χ2v) is 9.16. The molecule has 9 heteroatoms. The number of carbonyl (C=O) groups excluding carboxylic acids is 1. The van der Waals surface area contributed by atoms with E-state index in [0.29, 0.717) is 29.3 Å². The SMILES string of the molecule is O=C(Nc1cccc(N2CCCS2(=O)=O)c1)c1csc(-c2ccc(F)cc2)n1. The topological polar surface area (TPSA) is 79.4 Å². The molecule has 144 valence electrons. The summed E-state index contributed by atoms with van der Waals surface area (Å²) in [6.07, 6.45) is 0.587. The monoisotopic (exact) mass is 417 g/mol. The Morgan fingerprint density at radius 3 is 2.68 bits per heavy atom. The maximum Gasteiger partial charge on any atom is 0.275 e. The normalized spacial score (nSPS) is 15.5. The highest BCUT2D eigenvalue weighted by atomic mass is 32.2. The lowest BCUT2D eigenvalue weighted by Gasteiger charge is -2.17. The van der Waals surface area contributed by atoms with E-state index in [2.05, 4.69) is 10.3 Å². The fourth-order valence-electron chi connectivity index (χ4n) is 2.97. The van der Waals surface area contributed by atoms with Crippen LogP contribution < -0.4 is 9.62 Å². The molecule has 0 spiro atoms.